The number of nitriles is 1. The maximum Gasteiger partial charge on any atom is 0.329 e. The highest BCUT2D eigenvalue weighted by Crippen LogP contribution is 2.41. The molecule has 1 saturated carbocycles. The normalized spacial score (nSPS) is 17.6. The highest BCUT2D eigenvalue weighted by Gasteiger charge is 2.48. The number of hydrogen-bond acceptors (Lipinski definition) is 4. The Kier molecular flexibility index (Phi) is 2.95. The molecule has 0 aliphatic heterocycles. The second kappa shape index (κ2) is 4.30. The summed E-state index contributed by atoms with van der Waals surface area (Å²) in [5.74, 6) is -0.449. The number of carboxylic acid groups (broad SMARTS) is 1. The number of anilines is 1. The van der Waals surface area contributed by atoms with Crippen molar-refractivity contribution < 1.29 is 9.90 Å². The van der Waals surface area contributed by atoms with Crippen LogP contribution in [0.3, 0.4) is 0 Å². The molecule has 1 aliphatic carbocycles. The second-order valence-corrected chi connectivity index (χ2v) is 4.87. The number of aliphatic carboxylic acids is 1. The number of pyridine rings is 1. The van der Waals surface area contributed by atoms with Crippen LogP contribution in [0, 0.1) is 24.2 Å². The Morgan fingerprint density at radius 2 is 2.33 bits per heavy atom. The zero-order valence-corrected chi connectivity index (χ0v) is 10.4. The van der Waals surface area contributed by atoms with Crippen LogP contribution >= 0.6 is 0 Å². The number of hydrogen-bond donors (Lipinski definition) is 2. The lowest BCUT2D eigenvalue weighted by atomic mass is 9.95. The van der Waals surface area contributed by atoms with Gasteiger partial charge in [-0.3, -0.25) is 0 Å². The van der Waals surface area contributed by atoms with Gasteiger partial charge in [-0.1, -0.05) is 0 Å². The summed E-state index contributed by atoms with van der Waals surface area (Å²) in [7, 11) is 0. The van der Waals surface area contributed by atoms with Crippen molar-refractivity contribution >= 4 is 11.8 Å². The zero-order chi connectivity index (χ0) is 13.3. The van der Waals surface area contributed by atoms with Gasteiger partial charge in [-0.25, -0.2) is 9.78 Å². The van der Waals surface area contributed by atoms with Gasteiger partial charge < -0.3 is 10.4 Å². The molecule has 1 atom stereocenters. The van der Waals surface area contributed by atoms with Crippen molar-refractivity contribution in [2.24, 2.45) is 5.92 Å². The number of aryl methyl sites for hydroxylation is 1. The fourth-order valence-electron chi connectivity index (χ4n) is 2.03. The lowest BCUT2D eigenvalue weighted by Crippen LogP contribution is -2.46. The maximum absolute atomic E-state index is 11.4. The number of carboxylic acids is 1. The molecule has 1 fully saturated rings. The van der Waals surface area contributed by atoms with E-state index < -0.39 is 11.5 Å². The van der Waals surface area contributed by atoms with Crippen molar-refractivity contribution in [3.05, 3.63) is 23.4 Å². The molecule has 2 N–H and O–H groups in total. The summed E-state index contributed by atoms with van der Waals surface area (Å²) in [5, 5.41) is 21.4. The van der Waals surface area contributed by atoms with E-state index in [1.807, 2.05) is 0 Å². The third kappa shape index (κ3) is 2.02. The van der Waals surface area contributed by atoms with E-state index in [-0.39, 0.29) is 5.92 Å². The van der Waals surface area contributed by atoms with E-state index >= 15 is 0 Å². The number of aromatic nitrogens is 1. The summed E-state index contributed by atoms with van der Waals surface area (Å²) in [6, 6.07) is 3.80. The van der Waals surface area contributed by atoms with E-state index in [1.54, 1.807) is 26.1 Å². The summed E-state index contributed by atoms with van der Waals surface area (Å²) in [4.78, 5) is 15.5. The molecular weight excluding hydrogens is 230 g/mol. The van der Waals surface area contributed by atoms with E-state index in [0.717, 1.165) is 18.4 Å². The molecule has 0 aromatic carbocycles. The van der Waals surface area contributed by atoms with Crippen LogP contribution in [0.25, 0.3) is 0 Å². The first-order valence-electron chi connectivity index (χ1n) is 5.86. The number of nitrogens with zero attached hydrogens (tertiary/aromatic N) is 2. The van der Waals surface area contributed by atoms with Gasteiger partial charge >= 0.3 is 5.97 Å². The minimum atomic E-state index is -1.05. The summed E-state index contributed by atoms with van der Waals surface area (Å²) in [6.45, 7) is 3.46. The van der Waals surface area contributed by atoms with Crippen LogP contribution in [0.2, 0.25) is 0 Å². The van der Waals surface area contributed by atoms with Crippen LogP contribution in [-0.2, 0) is 4.79 Å². The Bertz CT molecular complexity index is 532. The lowest BCUT2D eigenvalue weighted by molar-refractivity contribution is -0.142. The van der Waals surface area contributed by atoms with Gasteiger partial charge in [0.25, 0.3) is 0 Å². The van der Waals surface area contributed by atoms with Crippen LogP contribution in [0.1, 0.15) is 30.9 Å². The molecule has 0 bridgehead atoms. The average molecular weight is 245 g/mol. The van der Waals surface area contributed by atoms with Gasteiger partial charge in [-0.2, -0.15) is 5.26 Å². The van der Waals surface area contributed by atoms with Crippen molar-refractivity contribution in [1.29, 1.82) is 5.26 Å². The van der Waals surface area contributed by atoms with Crippen LogP contribution in [0.15, 0.2) is 12.3 Å². The van der Waals surface area contributed by atoms with E-state index in [1.165, 1.54) is 0 Å². The molecule has 1 aromatic heterocycles. The Hall–Kier alpha value is -2.09. The van der Waals surface area contributed by atoms with E-state index in [4.69, 9.17) is 5.26 Å². The molecular formula is C13H15N3O2. The van der Waals surface area contributed by atoms with Gasteiger partial charge in [0.05, 0.1) is 5.56 Å². The maximum atomic E-state index is 11.4. The summed E-state index contributed by atoms with van der Waals surface area (Å²) >= 11 is 0. The zero-order valence-electron chi connectivity index (χ0n) is 10.4. The molecule has 1 aromatic rings. The molecule has 5 heteroatoms. The van der Waals surface area contributed by atoms with Gasteiger partial charge in [0.15, 0.2) is 0 Å². The van der Waals surface area contributed by atoms with Crippen LogP contribution in [0.5, 0.6) is 0 Å². The molecule has 0 radical (unpaired) electrons. The van der Waals surface area contributed by atoms with E-state index in [0.29, 0.717) is 11.4 Å². The van der Waals surface area contributed by atoms with Gasteiger partial charge in [-0.15, -0.1) is 0 Å². The highest BCUT2D eigenvalue weighted by molar-refractivity contribution is 5.83. The Morgan fingerprint density at radius 1 is 1.67 bits per heavy atom. The fraction of sp³-hybridized carbons (Fsp3) is 0.462. The van der Waals surface area contributed by atoms with Gasteiger partial charge in [0, 0.05) is 6.20 Å². The third-order valence-corrected chi connectivity index (χ3v) is 3.49. The molecule has 5 nitrogen and oxygen atoms in total. The minimum Gasteiger partial charge on any atom is -0.480 e. The van der Waals surface area contributed by atoms with Gasteiger partial charge in [0.1, 0.15) is 17.4 Å². The average Bonchev–Trinajstić information content (AvgIpc) is 3.13. The van der Waals surface area contributed by atoms with Crippen molar-refractivity contribution in [2.45, 2.75) is 32.2 Å². The van der Waals surface area contributed by atoms with Crippen molar-refractivity contribution in [3.8, 4) is 6.07 Å². The SMILES string of the molecule is Cc1ccnc(NC(C)(C(=O)O)C2CC2)c1C#N. The Labute approximate surface area is 105 Å². The topological polar surface area (TPSA) is 86.0 Å². The molecule has 1 heterocycles. The molecule has 0 amide bonds. The molecule has 1 unspecified atom stereocenters. The summed E-state index contributed by atoms with van der Waals surface area (Å²) < 4.78 is 0. The van der Waals surface area contributed by atoms with Crippen molar-refractivity contribution in [2.75, 3.05) is 5.32 Å². The molecule has 18 heavy (non-hydrogen) atoms. The smallest absolute Gasteiger partial charge is 0.329 e. The Balaban J connectivity index is 2.36. The van der Waals surface area contributed by atoms with Gasteiger partial charge in [0.2, 0.25) is 0 Å². The summed E-state index contributed by atoms with van der Waals surface area (Å²) in [5.41, 5.74) is 0.149. The van der Waals surface area contributed by atoms with Crippen molar-refractivity contribution in [3.63, 3.8) is 0 Å². The van der Waals surface area contributed by atoms with Crippen molar-refractivity contribution in [1.82, 2.24) is 4.98 Å². The largest absolute Gasteiger partial charge is 0.480 e. The number of rotatable bonds is 4. The quantitative estimate of drug-likeness (QED) is 0.846. The standard InChI is InChI=1S/C13H15N3O2/c1-8-5-6-15-11(10(8)7-14)16-13(2,12(17)18)9-3-4-9/h5-6,9H,3-4H2,1-2H3,(H,15,16)(H,17,18). The molecule has 94 valence electrons. The highest BCUT2D eigenvalue weighted by atomic mass is 16.4. The first-order chi connectivity index (χ1) is 8.49. The van der Waals surface area contributed by atoms with Crippen LogP contribution in [0.4, 0.5) is 5.82 Å². The number of carbonyl (C=O) groups is 1. The van der Waals surface area contributed by atoms with Crippen LogP contribution in [-0.4, -0.2) is 21.6 Å². The molecule has 0 saturated heterocycles. The fourth-order valence-corrected chi connectivity index (χ4v) is 2.03. The van der Waals surface area contributed by atoms with Gasteiger partial charge in [-0.05, 0) is 44.2 Å². The first-order valence-corrected chi connectivity index (χ1v) is 5.86. The molecule has 1 aliphatic rings. The monoisotopic (exact) mass is 245 g/mol. The molecule has 2 rings (SSSR count). The summed E-state index contributed by atoms with van der Waals surface area (Å²) in [6.07, 6.45) is 3.36. The second-order valence-electron chi connectivity index (χ2n) is 4.87. The van der Waals surface area contributed by atoms with E-state index in [2.05, 4.69) is 16.4 Å². The minimum absolute atomic E-state index is 0.101. The van der Waals surface area contributed by atoms with Crippen LogP contribution < -0.4 is 5.32 Å². The lowest BCUT2D eigenvalue weighted by Gasteiger charge is -2.27. The third-order valence-electron chi connectivity index (χ3n) is 3.49. The molecule has 0 spiro atoms. The number of nitrogens with one attached hydrogen (secondary N) is 1. The Morgan fingerprint density at radius 3 is 2.83 bits per heavy atom. The van der Waals surface area contributed by atoms with E-state index in [9.17, 15) is 9.90 Å². The predicted octanol–water partition coefficient (Wildman–Crippen LogP) is 1.93. The predicted molar refractivity (Wildman–Crippen MR) is 66.1 cm³/mol. The first kappa shape index (κ1) is 12.4.